The highest BCUT2D eigenvalue weighted by atomic mass is 32.2. The van der Waals surface area contributed by atoms with E-state index >= 15 is 0 Å². The molecule has 1 aromatic rings. The maximum atomic E-state index is 12.2. The number of carbonyl (C=O) groups excluding carboxylic acids is 1. The lowest BCUT2D eigenvalue weighted by atomic mass is 10.1. The molecule has 0 aromatic heterocycles. The van der Waals surface area contributed by atoms with Gasteiger partial charge in [0.05, 0.1) is 11.5 Å². The van der Waals surface area contributed by atoms with Gasteiger partial charge < -0.3 is 4.90 Å². The highest BCUT2D eigenvalue weighted by molar-refractivity contribution is 7.91. The fourth-order valence-electron chi connectivity index (χ4n) is 2.15. The van der Waals surface area contributed by atoms with E-state index in [4.69, 9.17) is 0 Å². The van der Waals surface area contributed by atoms with Crippen LogP contribution in [0, 0.1) is 6.92 Å². The molecule has 1 saturated heterocycles. The van der Waals surface area contributed by atoms with Crippen molar-refractivity contribution in [2.24, 2.45) is 0 Å². The van der Waals surface area contributed by atoms with Crippen molar-refractivity contribution in [3.8, 4) is 0 Å². The summed E-state index contributed by atoms with van der Waals surface area (Å²) in [6.45, 7) is 1.96. The van der Waals surface area contributed by atoms with Gasteiger partial charge >= 0.3 is 0 Å². The number of rotatable bonds is 2. The number of carbonyl (C=O) groups is 1. The Balaban J connectivity index is 2.12. The van der Waals surface area contributed by atoms with Crippen molar-refractivity contribution in [1.82, 2.24) is 4.90 Å². The lowest BCUT2D eigenvalue weighted by Gasteiger charge is -2.23. The van der Waals surface area contributed by atoms with Crippen molar-refractivity contribution in [3.63, 3.8) is 0 Å². The predicted molar refractivity (Wildman–Crippen MR) is 70.3 cm³/mol. The molecule has 1 aliphatic rings. The second-order valence-electron chi connectivity index (χ2n) is 4.84. The molecule has 1 unspecified atom stereocenters. The molecule has 98 valence electrons. The number of hydrogen-bond donors (Lipinski definition) is 0. The Morgan fingerprint density at radius 3 is 2.39 bits per heavy atom. The van der Waals surface area contributed by atoms with Gasteiger partial charge in [0.25, 0.3) is 5.91 Å². The van der Waals surface area contributed by atoms with E-state index in [2.05, 4.69) is 0 Å². The molecule has 1 heterocycles. The van der Waals surface area contributed by atoms with Gasteiger partial charge in [-0.2, -0.15) is 0 Å². The maximum Gasteiger partial charge on any atom is 0.253 e. The molecule has 18 heavy (non-hydrogen) atoms. The van der Waals surface area contributed by atoms with Crippen LogP contribution in [0.1, 0.15) is 22.3 Å². The summed E-state index contributed by atoms with van der Waals surface area (Å²) in [5.41, 5.74) is 1.70. The first-order valence-corrected chi connectivity index (χ1v) is 7.75. The van der Waals surface area contributed by atoms with E-state index in [-0.39, 0.29) is 23.5 Å². The van der Waals surface area contributed by atoms with Crippen LogP contribution >= 0.6 is 0 Å². The Hall–Kier alpha value is -1.36. The minimum Gasteiger partial charge on any atom is -0.338 e. The smallest absolute Gasteiger partial charge is 0.253 e. The summed E-state index contributed by atoms with van der Waals surface area (Å²) in [4.78, 5) is 13.7. The lowest BCUT2D eigenvalue weighted by Crippen LogP contribution is -2.37. The second kappa shape index (κ2) is 4.72. The van der Waals surface area contributed by atoms with Gasteiger partial charge in [0.2, 0.25) is 0 Å². The first-order valence-electron chi connectivity index (χ1n) is 5.93. The molecule has 0 N–H and O–H groups in total. The van der Waals surface area contributed by atoms with Crippen molar-refractivity contribution >= 4 is 15.7 Å². The molecular weight excluding hydrogens is 250 g/mol. The molecule has 5 heteroatoms. The largest absolute Gasteiger partial charge is 0.338 e. The van der Waals surface area contributed by atoms with Gasteiger partial charge in [-0.1, -0.05) is 17.7 Å². The van der Waals surface area contributed by atoms with Crippen LogP contribution in [0.4, 0.5) is 0 Å². The molecule has 2 rings (SSSR count). The van der Waals surface area contributed by atoms with Crippen LogP contribution in [0.25, 0.3) is 0 Å². The summed E-state index contributed by atoms with van der Waals surface area (Å²) < 4.78 is 22.8. The fraction of sp³-hybridized carbons (Fsp3) is 0.462. The van der Waals surface area contributed by atoms with Crippen LogP contribution < -0.4 is 0 Å². The zero-order valence-corrected chi connectivity index (χ0v) is 11.4. The van der Waals surface area contributed by atoms with Gasteiger partial charge in [-0.15, -0.1) is 0 Å². The van der Waals surface area contributed by atoms with Gasteiger partial charge in [-0.3, -0.25) is 4.79 Å². The topological polar surface area (TPSA) is 54.5 Å². The normalized spacial score (nSPS) is 21.8. The predicted octanol–water partition coefficient (Wildman–Crippen LogP) is 1.25. The molecular formula is C13H17NO3S. The molecule has 1 aromatic carbocycles. The molecule has 1 amide bonds. The summed E-state index contributed by atoms with van der Waals surface area (Å²) >= 11 is 0. The minimum atomic E-state index is -2.96. The van der Waals surface area contributed by atoms with Gasteiger partial charge in [0.1, 0.15) is 0 Å². The number of sulfone groups is 1. The minimum absolute atomic E-state index is 0.0844. The van der Waals surface area contributed by atoms with E-state index in [0.717, 1.165) is 5.56 Å². The Morgan fingerprint density at radius 2 is 1.89 bits per heavy atom. The molecule has 0 saturated carbocycles. The SMILES string of the molecule is Cc1ccc(C(=O)N(C)C2CCS(=O)(=O)C2)cc1. The number of amides is 1. The zero-order chi connectivity index (χ0) is 13.3. The van der Waals surface area contributed by atoms with Crippen LogP contribution in [0.15, 0.2) is 24.3 Å². The molecule has 1 fully saturated rings. The average molecular weight is 267 g/mol. The third-order valence-electron chi connectivity index (χ3n) is 3.37. The first kappa shape index (κ1) is 13.1. The number of benzene rings is 1. The highest BCUT2D eigenvalue weighted by Gasteiger charge is 2.32. The van der Waals surface area contributed by atoms with Crippen LogP contribution in [0.3, 0.4) is 0 Å². The summed E-state index contributed by atoms with van der Waals surface area (Å²) in [6.07, 6.45) is 0.538. The third-order valence-corrected chi connectivity index (χ3v) is 5.13. The molecule has 0 bridgehead atoms. The van der Waals surface area contributed by atoms with Crippen LogP contribution in [-0.2, 0) is 9.84 Å². The summed E-state index contributed by atoms with van der Waals surface area (Å²) in [7, 11) is -1.28. The van der Waals surface area contributed by atoms with Crippen molar-refractivity contribution in [2.45, 2.75) is 19.4 Å². The molecule has 1 atom stereocenters. The Bertz CT molecular complexity index is 548. The first-order chi connectivity index (χ1) is 8.39. The zero-order valence-electron chi connectivity index (χ0n) is 10.6. The van der Waals surface area contributed by atoms with Gasteiger partial charge in [0, 0.05) is 18.7 Å². The van der Waals surface area contributed by atoms with E-state index in [1.807, 2.05) is 19.1 Å². The second-order valence-corrected chi connectivity index (χ2v) is 7.07. The average Bonchev–Trinajstić information content (AvgIpc) is 2.69. The molecule has 4 nitrogen and oxygen atoms in total. The maximum absolute atomic E-state index is 12.2. The Labute approximate surface area is 108 Å². The fourth-order valence-corrected chi connectivity index (χ4v) is 3.92. The van der Waals surface area contributed by atoms with Gasteiger partial charge in [-0.05, 0) is 25.5 Å². The number of nitrogens with zero attached hydrogens (tertiary/aromatic N) is 1. The lowest BCUT2D eigenvalue weighted by molar-refractivity contribution is 0.0747. The van der Waals surface area contributed by atoms with Crippen LogP contribution in [0.5, 0.6) is 0 Å². The molecule has 1 aliphatic heterocycles. The van der Waals surface area contributed by atoms with Gasteiger partial charge in [-0.25, -0.2) is 8.42 Å². The van der Waals surface area contributed by atoms with Crippen LogP contribution in [-0.4, -0.2) is 43.8 Å². The standard InChI is InChI=1S/C13H17NO3S/c1-10-3-5-11(6-4-10)13(15)14(2)12-7-8-18(16,17)9-12/h3-6,12H,7-9H2,1-2H3. The third kappa shape index (κ3) is 2.72. The van der Waals surface area contributed by atoms with E-state index in [1.165, 1.54) is 0 Å². The van der Waals surface area contributed by atoms with Crippen molar-refractivity contribution in [2.75, 3.05) is 18.6 Å². The summed E-state index contributed by atoms with van der Waals surface area (Å²) in [5.74, 6) is 0.154. The number of aryl methyl sites for hydroxylation is 1. The monoisotopic (exact) mass is 267 g/mol. The molecule has 0 aliphatic carbocycles. The van der Waals surface area contributed by atoms with E-state index in [9.17, 15) is 13.2 Å². The van der Waals surface area contributed by atoms with Gasteiger partial charge in [0.15, 0.2) is 9.84 Å². The Morgan fingerprint density at radius 1 is 1.28 bits per heavy atom. The quantitative estimate of drug-likeness (QED) is 0.810. The van der Waals surface area contributed by atoms with Crippen molar-refractivity contribution < 1.29 is 13.2 Å². The van der Waals surface area contributed by atoms with E-state index in [0.29, 0.717) is 12.0 Å². The van der Waals surface area contributed by atoms with Crippen LogP contribution in [0.2, 0.25) is 0 Å². The molecule has 0 radical (unpaired) electrons. The highest BCUT2D eigenvalue weighted by Crippen LogP contribution is 2.18. The van der Waals surface area contributed by atoms with E-state index in [1.54, 1.807) is 24.1 Å². The molecule has 0 spiro atoms. The van der Waals surface area contributed by atoms with Crippen molar-refractivity contribution in [3.05, 3.63) is 35.4 Å². The van der Waals surface area contributed by atoms with E-state index < -0.39 is 9.84 Å². The number of hydrogen-bond acceptors (Lipinski definition) is 3. The van der Waals surface area contributed by atoms with Crippen molar-refractivity contribution in [1.29, 1.82) is 0 Å². The Kier molecular flexibility index (Phi) is 3.43. The summed E-state index contributed by atoms with van der Waals surface area (Å²) in [5, 5.41) is 0. The summed E-state index contributed by atoms with van der Waals surface area (Å²) in [6, 6.07) is 7.12.